The summed E-state index contributed by atoms with van der Waals surface area (Å²) in [4.78, 5) is 11.1. The average molecular weight is 713 g/mol. The van der Waals surface area contributed by atoms with E-state index < -0.39 is 0 Å². The van der Waals surface area contributed by atoms with Crippen molar-refractivity contribution in [1.29, 1.82) is 0 Å². The van der Waals surface area contributed by atoms with Crippen molar-refractivity contribution >= 4 is 76.2 Å². The van der Waals surface area contributed by atoms with Crippen molar-refractivity contribution in [1.82, 2.24) is 19.1 Å². The summed E-state index contributed by atoms with van der Waals surface area (Å²) in [6, 6.07) is 69.6. The van der Waals surface area contributed by atoms with Gasteiger partial charge in [-0.25, -0.2) is 9.97 Å². The van der Waals surface area contributed by atoms with Gasteiger partial charge in [0, 0.05) is 32.8 Å². The molecule has 4 nitrogen and oxygen atoms in total. The third-order valence-corrected chi connectivity index (χ3v) is 11.4. The van der Waals surface area contributed by atoms with E-state index in [-0.39, 0.29) is 0 Å². The van der Waals surface area contributed by atoms with E-state index in [9.17, 15) is 0 Å². The number of para-hydroxylation sites is 5. The largest absolute Gasteiger partial charge is 0.309 e. The van der Waals surface area contributed by atoms with Crippen LogP contribution in [-0.2, 0) is 0 Å². The second-order valence-corrected chi connectivity index (χ2v) is 14.6. The molecule has 4 heteroatoms. The highest BCUT2D eigenvalue weighted by Gasteiger charge is 2.25. The minimum atomic E-state index is 0.798. The molecule has 260 valence electrons. The van der Waals surface area contributed by atoms with Gasteiger partial charge in [0.15, 0.2) is 5.82 Å². The Morgan fingerprint density at radius 2 is 0.982 bits per heavy atom. The van der Waals surface area contributed by atoms with E-state index in [2.05, 4.69) is 191 Å². The van der Waals surface area contributed by atoms with Gasteiger partial charge in [-0.2, -0.15) is 0 Å². The molecular formula is C52H32N4. The van der Waals surface area contributed by atoms with Gasteiger partial charge in [0.05, 0.1) is 33.1 Å². The molecule has 0 fully saturated rings. The maximum Gasteiger partial charge on any atom is 0.165 e. The van der Waals surface area contributed by atoms with Crippen molar-refractivity contribution in [3.8, 4) is 33.9 Å². The van der Waals surface area contributed by atoms with Crippen molar-refractivity contribution in [2.45, 2.75) is 0 Å². The first kappa shape index (κ1) is 30.9. The molecule has 9 aromatic carbocycles. The highest BCUT2D eigenvalue weighted by Crippen LogP contribution is 2.44. The molecule has 12 rings (SSSR count). The zero-order valence-electron chi connectivity index (χ0n) is 30.3. The summed E-state index contributed by atoms with van der Waals surface area (Å²) < 4.78 is 4.75. The number of hydrogen-bond donors (Lipinski definition) is 0. The van der Waals surface area contributed by atoms with Gasteiger partial charge in [-0.05, 0) is 87.3 Å². The molecule has 0 spiro atoms. The molecule has 3 aromatic heterocycles. The van der Waals surface area contributed by atoms with Gasteiger partial charge in [0.25, 0.3) is 0 Å². The van der Waals surface area contributed by atoms with Crippen LogP contribution in [0.25, 0.3) is 110 Å². The minimum absolute atomic E-state index is 0.798. The van der Waals surface area contributed by atoms with Crippen LogP contribution < -0.4 is 0 Å². The van der Waals surface area contributed by atoms with Crippen molar-refractivity contribution in [2.75, 3.05) is 0 Å². The van der Waals surface area contributed by atoms with Crippen molar-refractivity contribution in [2.24, 2.45) is 0 Å². The Labute approximate surface area is 322 Å². The Bertz CT molecular complexity index is 3540. The van der Waals surface area contributed by atoms with Crippen molar-refractivity contribution in [3.05, 3.63) is 194 Å². The van der Waals surface area contributed by atoms with Gasteiger partial charge >= 0.3 is 0 Å². The number of aromatic nitrogens is 4. The first-order valence-electron chi connectivity index (χ1n) is 19.1. The van der Waals surface area contributed by atoms with E-state index in [1.54, 1.807) is 0 Å². The Morgan fingerprint density at radius 1 is 0.357 bits per heavy atom. The van der Waals surface area contributed by atoms with Crippen molar-refractivity contribution < 1.29 is 0 Å². The summed E-state index contributed by atoms with van der Waals surface area (Å²) in [6.45, 7) is 0. The fourth-order valence-corrected chi connectivity index (χ4v) is 8.96. The number of fused-ring (bicyclic) bond motifs is 9. The number of hydrogen-bond acceptors (Lipinski definition) is 2. The summed E-state index contributed by atoms with van der Waals surface area (Å²) in [5.41, 5.74) is 11.5. The lowest BCUT2D eigenvalue weighted by Gasteiger charge is -2.16. The van der Waals surface area contributed by atoms with Gasteiger partial charge in [-0.15, -0.1) is 0 Å². The molecule has 0 aliphatic rings. The first-order chi connectivity index (χ1) is 27.8. The smallest absolute Gasteiger partial charge is 0.165 e. The molecular weight excluding hydrogens is 681 g/mol. The zero-order valence-corrected chi connectivity index (χ0v) is 30.3. The third-order valence-electron chi connectivity index (χ3n) is 11.4. The van der Waals surface area contributed by atoms with E-state index >= 15 is 0 Å². The molecule has 0 unspecified atom stereocenters. The number of rotatable bonds is 4. The fraction of sp³-hybridized carbons (Fsp3) is 0. The molecule has 56 heavy (non-hydrogen) atoms. The third kappa shape index (κ3) is 4.53. The van der Waals surface area contributed by atoms with Gasteiger partial charge in [0.1, 0.15) is 5.69 Å². The van der Waals surface area contributed by atoms with Crippen LogP contribution in [0.15, 0.2) is 194 Å². The summed E-state index contributed by atoms with van der Waals surface area (Å²) in [7, 11) is 0. The molecule has 0 bridgehead atoms. The lowest BCUT2D eigenvalue weighted by atomic mass is 9.96. The SMILES string of the molecule is c1ccc(-n2c3ccccc3c3cccc(-c4nc5ccccc5nc4-n4c5cc6ccccc6cc5c5c(-c6ccc7ccccc7c6)cccc54)c32)cc1. The van der Waals surface area contributed by atoms with E-state index in [1.165, 1.54) is 54.2 Å². The zero-order chi connectivity index (χ0) is 36.7. The van der Waals surface area contributed by atoms with Gasteiger partial charge < -0.3 is 4.57 Å². The summed E-state index contributed by atoms with van der Waals surface area (Å²) in [6.07, 6.45) is 0. The quantitative estimate of drug-likeness (QED) is 0.182. The molecule has 0 N–H and O–H groups in total. The van der Waals surface area contributed by atoms with Gasteiger partial charge in [-0.1, -0.05) is 140 Å². The fourth-order valence-electron chi connectivity index (χ4n) is 8.96. The molecule has 0 saturated heterocycles. The molecule has 0 aliphatic heterocycles. The topological polar surface area (TPSA) is 35.6 Å². The Kier molecular flexibility index (Phi) is 6.60. The maximum atomic E-state index is 5.57. The Hall–Kier alpha value is -7.56. The second-order valence-electron chi connectivity index (χ2n) is 14.6. The lowest BCUT2D eigenvalue weighted by Crippen LogP contribution is -2.05. The van der Waals surface area contributed by atoms with Crippen LogP contribution in [0.2, 0.25) is 0 Å². The average Bonchev–Trinajstić information content (AvgIpc) is 3.78. The Morgan fingerprint density at radius 3 is 1.82 bits per heavy atom. The molecule has 0 atom stereocenters. The standard InChI is InChI=1S/C52H32N4/c1-2-18-38(19-3-1)55-46-26-11-8-20-40(46)41-22-12-23-42(51(41)55)50-52(54-45-25-10-9-24-44(45)53-50)56-47-27-13-21-39(37-29-28-33-14-4-5-15-34(33)30-37)49(47)43-31-35-16-6-7-17-36(35)32-48(43)56/h1-32H. The van der Waals surface area contributed by atoms with Gasteiger partial charge in [0.2, 0.25) is 0 Å². The van der Waals surface area contributed by atoms with Crippen LogP contribution in [-0.4, -0.2) is 19.1 Å². The van der Waals surface area contributed by atoms with Crippen LogP contribution in [0.4, 0.5) is 0 Å². The van der Waals surface area contributed by atoms with E-state index in [1.807, 2.05) is 12.1 Å². The molecule has 3 heterocycles. The van der Waals surface area contributed by atoms with Crippen LogP contribution in [0.5, 0.6) is 0 Å². The Balaban J connectivity index is 1.24. The normalized spacial score (nSPS) is 11.9. The number of nitrogens with zero attached hydrogens (tertiary/aromatic N) is 4. The van der Waals surface area contributed by atoms with E-state index in [0.29, 0.717) is 0 Å². The summed E-state index contributed by atoms with van der Waals surface area (Å²) in [5, 5.41) is 9.59. The van der Waals surface area contributed by atoms with E-state index in [4.69, 9.17) is 9.97 Å². The monoisotopic (exact) mass is 712 g/mol. The predicted octanol–water partition coefficient (Wildman–Crippen LogP) is 13.5. The molecule has 0 amide bonds. The van der Waals surface area contributed by atoms with Crippen LogP contribution in [0, 0.1) is 0 Å². The number of benzene rings is 9. The molecule has 0 aliphatic carbocycles. The first-order valence-corrected chi connectivity index (χ1v) is 19.1. The van der Waals surface area contributed by atoms with Crippen molar-refractivity contribution in [3.63, 3.8) is 0 Å². The molecule has 0 saturated carbocycles. The van der Waals surface area contributed by atoms with Crippen LogP contribution in [0.1, 0.15) is 0 Å². The lowest BCUT2D eigenvalue weighted by molar-refractivity contribution is 1.08. The molecule has 0 radical (unpaired) electrons. The highest BCUT2D eigenvalue weighted by atomic mass is 15.1. The van der Waals surface area contributed by atoms with E-state index in [0.717, 1.165) is 55.9 Å². The van der Waals surface area contributed by atoms with Crippen LogP contribution in [0.3, 0.4) is 0 Å². The van der Waals surface area contributed by atoms with Gasteiger partial charge in [-0.3, -0.25) is 4.57 Å². The van der Waals surface area contributed by atoms with Crippen LogP contribution >= 0.6 is 0 Å². The maximum absolute atomic E-state index is 5.57. The highest BCUT2D eigenvalue weighted by molar-refractivity contribution is 6.20. The summed E-state index contributed by atoms with van der Waals surface area (Å²) in [5.74, 6) is 0.798. The minimum Gasteiger partial charge on any atom is -0.309 e. The second kappa shape index (κ2) is 12.0. The predicted molar refractivity (Wildman–Crippen MR) is 234 cm³/mol. The molecule has 12 aromatic rings. The summed E-state index contributed by atoms with van der Waals surface area (Å²) >= 11 is 0.